The van der Waals surface area contributed by atoms with Gasteiger partial charge in [0.15, 0.2) is 0 Å². The number of hydrogen-bond donors (Lipinski definition) is 0. The number of ether oxygens (including phenoxy) is 1. The Hall–Kier alpha value is -2.46. The maximum Gasteiger partial charge on any atom is 0.209 e. The summed E-state index contributed by atoms with van der Waals surface area (Å²) in [4.78, 5) is 10.6. The molecule has 3 aromatic rings. The van der Waals surface area contributed by atoms with E-state index in [0.717, 1.165) is 35.0 Å². The Bertz CT molecular complexity index is 868. The summed E-state index contributed by atoms with van der Waals surface area (Å²) in [6.07, 6.45) is 3.93. The predicted octanol–water partition coefficient (Wildman–Crippen LogP) is 4.67. The molecule has 0 atom stereocenters. The van der Waals surface area contributed by atoms with E-state index in [2.05, 4.69) is 17.1 Å². The first kappa shape index (κ1) is 14.2. The lowest BCUT2D eigenvalue weighted by Crippen LogP contribution is -2.02. The fourth-order valence-corrected chi connectivity index (χ4v) is 3.75. The SMILES string of the molecule is COc1ccc2c(c1)CCc1sc(N=Cc3ccccc3)nc1-2. The van der Waals surface area contributed by atoms with Crippen LogP contribution in [-0.4, -0.2) is 18.3 Å². The van der Waals surface area contributed by atoms with Crippen LogP contribution in [0.5, 0.6) is 5.75 Å². The van der Waals surface area contributed by atoms with Gasteiger partial charge in [0, 0.05) is 16.7 Å². The van der Waals surface area contributed by atoms with Gasteiger partial charge in [0.1, 0.15) is 5.75 Å². The highest BCUT2D eigenvalue weighted by Gasteiger charge is 2.21. The minimum atomic E-state index is 0.822. The smallest absolute Gasteiger partial charge is 0.209 e. The molecule has 0 aliphatic heterocycles. The zero-order valence-electron chi connectivity index (χ0n) is 12.8. The average molecular weight is 320 g/mol. The van der Waals surface area contributed by atoms with Crippen LogP contribution in [0, 0.1) is 0 Å². The number of thiazole rings is 1. The molecule has 1 aliphatic rings. The van der Waals surface area contributed by atoms with E-state index in [1.807, 2.05) is 42.6 Å². The number of hydrogen-bond acceptors (Lipinski definition) is 4. The number of methoxy groups -OCH3 is 1. The quantitative estimate of drug-likeness (QED) is 0.657. The van der Waals surface area contributed by atoms with E-state index in [1.165, 1.54) is 16.0 Å². The molecule has 0 saturated carbocycles. The first-order valence-corrected chi connectivity index (χ1v) is 8.41. The molecular weight excluding hydrogens is 304 g/mol. The zero-order valence-corrected chi connectivity index (χ0v) is 13.6. The molecule has 0 bridgehead atoms. The van der Waals surface area contributed by atoms with Crippen molar-refractivity contribution in [2.75, 3.05) is 7.11 Å². The average Bonchev–Trinajstić information content (AvgIpc) is 3.04. The molecule has 0 amide bonds. The molecule has 114 valence electrons. The third-order valence-electron chi connectivity index (χ3n) is 4.00. The molecule has 0 radical (unpaired) electrons. The molecule has 0 fully saturated rings. The van der Waals surface area contributed by atoms with Crippen molar-refractivity contribution in [2.24, 2.45) is 4.99 Å². The summed E-state index contributed by atoms with van der Waals surface area (Å²) < 4.78 is 5.32. The molecular formula is C19H16N2OS. The molecule has 2 aromatic carbocycles. The van der Waals surface area contributed by atoms with Gasteiger partial charge in [-0.2, -0.15) is 0 Å². The molecule has 0 unspecified atom stereocenters. The van der Waals surface area contributed by atoms with E-state index in [1.54, 1.807) is 18.4 Å². The molecule has 4 rings (SSSR count). The van der Waals surface area contributed by atoms with Crippen LogP contribution in [0.1, 0.15) is 16.0 Å². The van der Waals surface area contributed by atoms with Gasteiger partial charge in [0.25, 0.3) is 0 Å². The largest absolute Gasteiger partial charge is 0.497 e. The van der Waals surface area contributed by atoms with Crippen LogP contribution in [0.4, 0.5) is 5.13 Å². The second-order valence-electron chi connectivity index (χ2n) is 5.46. The monoisotopic (exact) mass is 320 g/mol. The van der Waals surface area contributed by atoms with Gasteiger partial charge in [-0.15, -0.1) is 0 Å². The van der Waals surface area contributed by atoms with Gasteiger partial charge in [-0.25, -0.2) is 9.98 Å². The van der Waals surface area contributed by atoms with Gasteiger partial charge < -0.3 is 4.74 Å². The van der Waals surface area contributed by atoms with Gasteiger partial charge in [0.2, 0.25) is 5.13 Å². The lowest BCUT2D eigenvalue weighted by Gasteiger charge is -2.15. The molecule has 1 heterocycles. The van der Waals surface area contributed by atoms with E-state index < -0.39 is 0 Å². The highest BCUT2D eigenvalue weighted by atomic mass is 32.1. The molecule has 3 nitrogen and oxygen atoms in total. The Balaban J connectivity index is 1.67. The van der Waals surface area contributed by atoms with Gasteiger partial charge in [-0.3, -0.25) is 0 Å². The van der Waals surface area contributed by atoms with Gasteiger partial charge in [0.05, 0.1) is 12.8 Å². The molecule has 23 heavy (non-hydrogen) atoms. The number of rotatable bonds is 3. The van der Waals surface area contributed by atoms with Crippen LogP contribution in [0.3, 0.4) is 0 Å². The van der Waals surface area contributed by atoms with E-state index in [9.17, 15) is 0 Å². The maximum absolute atomic E-state index is 5.32. The van der Waals surface area contributed by atoms with Crippen LogP contribution in [0.25, 0.3) is 11.3 Å². The van der Waals surface area contributed by atoms with Crippen molar-refractivity contribution >= 4 is 22.7 Å². The minimum absolute atomic E-state index is 0.822. The van der Waals surface area contributed by atoms with E-state index in [0.29, 0.717) is 0 Å². The summed E-state index contributed by atoms with van der Waals surface area (Å²) in [7, 11) is 1.70. The molecule has 1 aliphatic carbocycles. The number of aliphatic imine (C=N–C) groups is 1. The Morgan fingerprint density at radius 3 is 2.83 bits per heavy atom. The summed E-state index contributed by atoms with van der Waals surface area (Å²) in [6, 6.07) is 16.3. The van der Waals surface area contributed by atoms with Crippen molar-refractivity contribution in [3.05, 3.63) is 64.5 Å². The number of benzene rings is 2. The van der Waals surface area contributed by atoms with E-state index in [4.69, 9.17) is 9.72 Å². The fraction of sp³-hybridized carbons (Fsp3) is 0.158. The third-order valence-corrected chi connectivity index (χ3v) is 5.02. The highest BCUT2D eigenvalue weighted by Crippen LogP contribution is 2.40. The molecule has 0 saturated heterocycles. The van der Waals surface area contributed by atoms with Gasteiger partial charge in [-0.05, 0) is 42.2 Å². The molecule has 4 heteroatoms. The first-order valence-electron chi connectivity index (χ1n) is 7.59. The second-order valence-corrected chi connectivity index (χ2v) is 6.52. The standard InChI is InChI=1S/C19H16N2OS/c1-22-15-8-9-16-14(11-15)7-10-17-18(16)21-19(23-17)20-12-13-5-3-2-4-6-13/h2-6,8-9,11-12H,7,10H2,1H3. The van der Waals surface area contributed by atoms with Crippen molar-refractivity contribution in [1.29, 1.82) is 0 Å². The fourth-order valence-electron chi connectivity index (χ4n) is 2.83. The normalized spacial score (nSPS) is 12.9. The summed E-state index contributed by atoms with van der Waals surface area (Å²) in [6.45, 7) is 0. The van der Waals surface area contributed by atoms with Crippen LogP contribution >= 0.6 is 11.3 Å². The Kier molecular flexibility index (Phi) is 3.67. The first-order chi connectivity index (χ1) is 11.3. The van der Waals surface area contributed by atoms with Crippen LogP contribution < -0.4 is 4.74 Å². The zero-order chi connectivity index (χ0) is 15.6. The molecule has 0 spiro atoms. The number of fused-ring (bicyclic) bond motifs is 3. The Labute approximate surface area is 139 Å². The third kappa shape index (κ3) is 2.78. The van der Waals surface area contributed by atoms with E-state index >= 15 is 0 Å². The topological polar surface area (TPSA) is 34.5 Å². The Morgan fingerprint density at radius 2 is 2.00 bits per heavy atom. The van der Waals surface area contributed by atoms with Crippen LogP contribution in [0.2, 0.25) is 0 Å². The van der Waals surface area contributed by atoms with Crippen molar-refractivity contribution < 1.29 is 4.74 Å². The van der Waals surface area contributed by atoms with Crippen molar-refractivity contribution in [2.45, 2.75) is 12.8 Å². The van der Waals surface area contributed by atoms with Gasteiger partial charge >= 0.3 is 0 Å². The number of aryl methyl sites for hydroxylation is 2. The lowest BCUT2D eigenvalue weighted by molar-refractivity contribution is 0.414. The van der Waals surface area contributed by atoms with E-state index in [-0.39, 0.29) is 0 Å². The summed E-state index contributed by atoms with van der Waals surface area (Å²) >= 11 is 1.69. The number of aromatic nitrogens is 1. The van der Waals surface area contributed by atoms with Gasteiger partial charge in [-0.1, -0.05) is 41.7 Å². The summed E-state index contributed by atoms with van der Waals surface area (Å²) in [5, 5.41) is 0.822. The predicted molar refractivity (Wildman–Crippen MR) is 95.2 cm³/mol. The Morgan fingerprint density at radius 1 is 1.13 bits per heavy atom. The number of nitrogens with zero attached hydrogens (tertiary/aromatic N) is 2. The molecule has 0 N–H and O–H groups in total. The van der Waals surface area contributed by atoms with Crippen molar-refractivity contribution in [3.8, 4) is 17.0 Å². The maximum atomic E-state index is 5.32. The lowest BCUT2D eigenvalue weighted by atomic mass is 9.93. The second kappa shape index (κ2) is 5.97. The van der Waals surface area contributed by atoms with Crippen LogP contribution in [-0.2, 0) is 12.8 Å². The van der Waals surface area contributed by atoms with Crippen molar-refractivity contribution in [3.63, 3.8) is 0 Å². The highest BCUT2D eigenvalue weighted by molar-refractivity contribution is 7.15. The minimum Gasteiger partial charge on any atom is -0.497 e. The molecule has 1 aromatic heterocycles. The summed E-state index contributed by atoms with van der Waals surface area (Å²) in [5.74, 6) is 0.907. The summed E-state index contributed by atoms with van der Waals surface area (Å²) in [5.41, 5.74) is 4.69. The van der Waals surface area contributed by atoms with Crippen LogP contribution in [0.15, 0.2) is 53.5 Å². The van der Waals surface area contributed by atoms with Crippen molar-refractivity contribution in [1.82, 2.24) is 4.98 Å².